The maximum atomic E-state index is 13.1. The van der Waals surface area contributed by atoms with Gasteiger partial charge in [-0.3, -0.25) is 14.4 Å². The molecule has 1 heterocycles. The molecule has 0 unspecified atom stereocenters. The van der Waals surface area contributed by atoms with Gasteiger partial charge in [-0.1, -0.05) is 48.0 Å². The molecule has 8 heteroatoms. The zero-order valence-electron chi connectivity index (χ0n) is 16.6. The van der Waals surface area contributed by atoms with E-state index in [0.717, 1.165) is 0 Å². The average Bonchev–Trinajstić information content (AvgIpc) is 2.78. The summed E-state index contributed by atoms with van der Waals surface area (Å²) in [4.78, 5) is 52.3. The molecule has 0 fully saturated rings. The lowest BCUT2D eigenvalue weighted by molar-refractivity contribution is -0.133. The summed E-state index contributed by atoms with van der Waals surface area (Å²) in [5, 5.41) is 3.16. The number of rotatable bonds is 3. The van der Waals surface area contributed by atoms with E-state index in [1.807, 2.05) is 0 Å². The quantitative estimate of drug-likeness (QED) is 0.382. The summed E-state index contributed by atoms with van der Waals surface area (Å²) < 4.78 is 5.20. The predicted molar refractivity (Wildman–Crippen MR) is 118 cm³/mol. The average molecular weight is 447 g/mol. The van der Waals surface area contributed by atoms with Gasteiger partial charge in [-0.2, -0.15) is 0 Å². The van der Waals surface area contributed by atoms with Crippen LogP contribution in [0.25, 0.3) is 0 Å². The second kappa shape index (κ2) is 7.62. The van der Waals surface area contributed by atoms with E-state index in [0.29, 0.717) is 27.6 Å². The molecular formula is C24H15ClN2O5. The maximum Gasteiger partial charge on any atom is 0.331 e. The number of carbonyl (C=O) groups excluding carboxylic acids is 4. The Kier molecular flexibility index (Phi) is 4.75. The van der Waals surface area contributed by atoms with Crippen molar-refractivity contribution in [3.63, 3.8) is 0 Å². The van der Waals surface area contributed by atoms with E-state index < -0.39 is 11.9 Å². The number of amides is 1. The standard InChI is InChI=1S/C24H15ClN2O5/c25-13-8-9-19-18(10-13)27(12-21(29)32-19)11-20(28)26-17-7-3-6-16-22(17)24(31)15-5-2-1-4-14(15)23(16)30/h1-10H,11-12H2,(H,26,28). The van der Waals surface area contributed by atoms with Crippen molar-refractivity contribution in [2.75, 3.05) is 23.3 Å². The summed E-state index contributed by atoms with van der Waals surface area (Å²) in [5.74, 6) is -1.24. The minimum atomic E-state index is -0.498. The number of benzene rings is 3. The number of esters is 1. The van der Waals surface area contributed by atoms with Gasteiger partial charge >= 0.3 is 5.97 Å². The molecule has 32 heavy (non-hydrogen) atoms. The van der Waals surface area contributed by atoms with Gasteiger partial charge in [0.05, 0.1) is 23.5 Å². The molecule has 158 valence electrons. The van der Waals surface area contributed by atoms with Gasteiger partial charge in [0.25, 0.3) is 0 Å². The van der Waals surface area contributed by atoms with Crippen molar-refractivity contribution in [3.05, 3.63) is 87.9 Å². The third-order valence-corrected chi connectivity index (χ3v) is 5.60. The number of halogens is 1. The highest BCUT2D eigenvalue weighted by Crippen LogP contribution is 2.35. The fourth-order valence-electron chi connectivity index (χ4n) is 3.97. The summed E-state index contributed by atoms with van der Waals surface area (Å²) >= 11 is 6.06. The molecular weight excluding hydrogens is 432 g/mol. The predicted octanol–water partition coefficient (Wildman–Crippen LogP) is 3.48. The number of ketones is 2. The number of anilines is 2. The highest BCUT2D eigenvalue weighted by molar-refractivity contribution is 6.31. The van der Waals surface area contributed by atoms with Crippen LogP contribution in [0.1, 0.15) is 31.8 Å². The van der Waals surface area contributed by atoms with Crippen molar-refractivity contribution in [2.24, 2.45) is 0 Å². The molecule has 0 radical (unpaired) electrons. The van der Waals surface area contributed by atoms with Gasteiger partial charge in [0, 0.05) is 21.7 Å². The van der Waals surface area contributed by atoms with E-state index in [-0.39, 0.29) is 41.5 Å². The molecule has 0 saturated heterocycles. The van der Waals surface area contributed by atoms with E-state index >= 15 is 0 Å². The third kappa shape index (κ3) is 3.33. The topological polar surface area (TPSA) is 92.8 Å². The van der Waals surface area contributed by atoms with E-state index in [2.05, 4.69) is 5.32 Å². The molecule has 1 aliphatic carbocycles. The second-order valence-electron chi connectivity index (χ2n) is 7.42. The van der Waals surface area contributed by atoms with Crippen LogP contribution in [0, 0.1) is 0 Å². The summed E-state index contributed by atoms with van der Waals surface area (Å²) in [5.41, 5.74) is 1.80. The first-order valence-corrected chi connectivity index (χ1v) is 10.2. The van der Waals surface area contributed by atoms with Crippen LogP contribution in [0.15, 0.2) is 60.7 Å². The molecule has 0 atom stereocenters. The molecule has 3 aromatic carbocycles. The van der Waals surface area contributed by atoms with Crippen LogP contribution >= 0.6 is 11.6 Å². The van der Waals surface area contributed by atoms with E-state index in [1.165, 1.54) is 0 Å². The molecule has 5 rings (SSSR count). The number of hydrogen-bond donors (Lipinski definition) is 1. The molecule has 3 aromatic rings. The van der Waals surface area contributed by atoms with Crippen LogP contribution < -0.4 is 15.0 Å². The summed E-state index contributed by atoms with van der Waals surface area (Å²) in [7, 11) is 0. The zero-order chi connectivity index (χ0) is 22.4. The maximum absolute atomic E-state index is 13.1. The number of hydrogen-bond acceptors (Lipinski definition) is 6. The van der Waals surface area contributed by atoms with Gasteiger partial charge in [0.2, 0.25) is 5.91 Å². The number of nitrogens with zero attached hydrogens (tertiary/aromatic N) is 1. The zero-order valence-corrected chi connectivity index (χ0v) is 17.3. The lowest BCUT2D eigenvalue weighted by Gasteiger charge is -2.29. The Bertz CT molecular complexity index is 1330. The Hall–Kier alpha value is -3.97. The van der Waals surface area contributed by atoms with E-state index in [4.69, 9.17) is 16.3 Å². The van der Waals surface area contributed by atoms with Gasteiger partial charge < -0.3 is 15.0 Å². The summed E-state index contributed by atoms with van der Waals surface area (Å²) in [6.07, 6.45) is 0. The molecule has 2 aliphatic rings. The van der Waals surface area contributed by atoms with Crippen molar-refractivity contribution in [1.29, 1.82) is 0 Å². The Balaban J connectivity index is 1.44. The van der Waals surface area contributed by atoms with Crippen molar-refractivity contribution in [3.8, 4) is 5.75 Å². The van der Waals surface area contributed by atoms with Crippen molar-refractivity contribution >= 4 is 46.4 Å². The smallest absolute Gasteiger partial charge is 0.331 e. The molecule has 1 N–H and O–H groups in total. The van der Waals surface area contributed by atoms with E-state index in [9.17, 15) is 19.2 Å². The lowest BCUT2D eigenvalue weighted by atomic mass is 9.83. The SMILES string of the molecule is O=C(CN1CC(=O)Oc2ccc(Cl)cc21)Nc1cccc2c1C(=O)c1ccccc1C2=O. The van der Waals surface area contributed by atoms with Crippen LogP contribution in [0.4, 0.5) is 11.4 Å². The highest BCUT2D eigenvalue weighted by atomic mass is 35.5. The number of carbonyl (C=O) groups is 4. The molecule has 0 saturated carbocycles. The molecule has 0 aromatic heterocycles. The largest absolute Gasteiger partial charge is 0.423 e. The van der Waals surface area contributed by atoms with Crippen molar-refractivity contribution in [2.45, 2.75) is 0 Å². The summed E-state index contributed by atoms with van der Waals surface area (Å²) in [6, 6.07) is 16.1. The fourth-order valence-corrected chi connectivity index (χ4v) is 4.14. The normalized spacial score (nSPS) is 14.3. The molecule has 1 aliphatic heterocycles. The first kappa shape index (κ1) is 20.0. The number of fused-ring (bicyclic) bond motifs is 3. The Morgan fingerprint density at radius 1 is 0.938 bits per heavy atom. The first-order chi connectivity index (χ1) is 15.4. The number of ether oxygens (including phenoxy) is 1. The van der Waals surface area contributed by atoms with Crippen LogP contribution in [0.2, 0.25) is 5.02 Å². The molecule has 7 nitrogen and oxygen atoms in total. The Morgan fingerprint density at radius 3 is 2.44 bits per heavy atom. The van der Waals surface area contributed by atoms with Crippen LogP contribution in [-0.2, 0) is 9.59 Å². The van der Waals surface area contributed by atoms with Gasteiger partial charge in [-0.05, 0) is 24.3 Å². The van der Waals surface area contributed by atoms with Gasteiger partial charge in [0.15, 0.2) is 17.3 Å². The van der Waals surface area contributed by atoms with Crippen molar-refractivity contribution in [1.82, 2.24) is 0 Å². The minimum Gasteiger partial charge on any atom is -0.423 e. The number of nitrogens with one attached hydrogen (secondary N) is 1. The van der Waals surface area contributed by atoms with Gasteiger partial charge in [-0.15, -0.1) is 0 Å². The monoisotopic (exact) mass is 446 g/mol. The first-order valence-electron chi connectivity index (χ1n) is 9.79. The van der Waals surface area contributed by atoms with Gasteiger partial charge in [0.1, 0.15) is 6.54 Å². The third-order valence-electron chi connectivity index (χ3n) is 5.37. The minimum absolute atomic E-state index is 0.127. The molecule has 0 spiro atoms. The lowest BCUT2D eigenvalue weighted by Crippen LogP contribution is -2.41. The molecule has 0 bridgehead atoms. The van der Waals surface area contributed by atoms with Crippen LogP contribution in [-0.4, -0.2) is 36.5 Å². The van der Waals surface area contributed by atoms with Crippen LogP contribution in [0.3, 0.4) is 0 Å². The Labute approximate surface area is 187 Å². The highest BCUT2D eigenvalue weighted by Gasteiger charge is 2.32. The van der Waals surface area contributed by atoms with Crippen LogP contribution in [0.5, 0.6) is 5.75 Å². The summed E-state index contributed by atoms with van der Waals surface area (Å²) in [6.45, 7) is -0.302. The van der Waals surface area contributed by atoms with E-state index in [1.54, 1.807) is 65.6 Å². The second-order valence-corrected chi connectivity index (χ2v) is 7.86. The Morgan fingerprint density at radius 2 is 1.66 bits per heavy atom. The van der Waals surface area contributed by atoms with Gasteiger partial charge in [-0.25, -0.2) is 4.79 Å². The molecule has 1 amide bonds. The van der Waals surface area contributed by atoms with Crippen molar-refractivity contribution < 1.29 is 23.9 Å². The fraction of sp³-hybridized carbons (Fsp3) is 0.0833.